The molecule has 0 aliphatic rings. The van der Waals surface area contributed by atoms with Gasteiger partial charge in [-0.3, -0.25) is 9.78 Å². The molecule has 7 nitrogen and oxygen atoms in total. The standard InChI is InChI=1S/C14H15N5O2/c1-10-18-13(19-21-10)4-6-17-14(20)12-7-11(3-2-5-15)8-16-9-12/h7-9H,4-6,15H2,1H3,(H,17,20). The number of nitrogens with two attached hydrogens (primary N) is 1. The number of carbonyl (C=O) groups is 1. The first-order chi connectivity index (χ1) is 10.2. The molecule has 2 aromatic heterocycles. The van der Waals surface area contributed by atoms with Gasteiger partial charge in [0, 0.05) is 37.8 Å². The molecular weight excluding hydrogens is 270 g/mol. The van der Waals surface area contributed by atoms with E-state index in [-0.39, 0.29) is 12.5 Å². The fourth-order valence-corrected chi connectivity index (χ4v) is 1.62. The van der Waals surface area contributed by atoms with Crippen LogP contribution in [0.1, 0.15) is 27.6 Å². The predicted molar refractivity (Wildman–Crippen MR) is 75.2 cm³/mol. The van der Waals surface area contributed by atoms with Gasteiger partial charge in [0.05, 0.1) is 12.1 Å². The average Bonchev–Trinajstić information content (AvgIpc) is 2.91. The summed E-state index contributed by atoms with van der Waals surface area (Å²) in [5.41, 5.74) is 6.41. The quantitative estimate of drug-likeness (QED) is 0.769. The number of aryl methyl sites for hydroxylation is 1. The Hall–Kier alpha value is -2.72. The van der Waals surface area contributed by atoms with Crippen LogP contribution in [0, 0.1) is 18.8 Å². The van der Waals surface area contributed by atoms with E-state index in [1.54, 1.807) is 19.2 Å². The van der Waals surface area contributed by atoms with E-state index in [1.807, 2.05) is 0 Å². The van der Waals surface area contributed by atoms with Crippen LogP contribution >= 0.6 is 0 Å². The normalized spacial score (nSPS) is 9.81. The van der Waals surface area contributed by atoms with Crippen molar-refractivity contribution in [3.8, 4) is 11.8 Å². The topological polar surface area (TPSA) is 107 Å². The van der Waals surface area contributed by atoms with Gasteiger partial charge in [-0.15, -0.1) is 0 Å². The number of amides is 1. The summed E-state index contributed by atoms with van der Waals surface area (Å²) in [5.74, 6) is 6.40. The Kier molecular flexibility index (Phi) is 5.01. The molecule has 0 radical (unpaired) electrons. The van der Waals surface area contributed by atoms with Crippen molar-refractivity contribution in [1.82, 2.24) is 20.4 Å². The predicted octanol–water partition coefficient (Wildman–Crippen LogP) is 0.0557. The van der Waals surface area contributed by atoms with Crippen molar-refractivity contribution in [2.45, 2.75) is 13.3 Å². The van der Waals surface area contributed by atoms with Gasteiger partial charge < -0.3 is 15.6 Å². The van der Waals surface area contributed by atoms with E-state index in [1.165, 1.54) is 6.20 Å². The van der Waals surface area contributed by atoms with Crippen LogP contribution in [0.2, 0.25) is 0 Å². The van der Waals surface area contributed by atoms with Crippen LogP contribution in [-0.2, 0) is 6.42 Å². The van der Waals surface area contributed by atoms with Crippen LogP contribution in [0.25, 0.3) is 0 Å². The lowest BCUT2D eigenvalue weighted by Crippen LogP contribution is -2.26. The molecule has 0 aliphatic carbocycles. The molecule has 21 heavy (non-hydrogen) atoms. The van der Waals surface area contributed by atoms with Gasteiger partial charge in [-0.2, -0.15) is 4.98 Å². The highest BCUT2D eigenvalue weighted by Gasteiger charge is 2.07. The molecule has 0 bridgehead atoms. The fraction of sp³-hybridized carbons (Fsp3) is 0.286. The van der Waals surface area contributed by atoms with Gasteiger partial charge in [-0.05, 0) is 6.07 Å². The van der Waals surface area contributed by atoms with E-state index in [2.05, 4.69) is 32.3 Å². The molecule has 2 rings (SSSR count). The summed E-state index contributed by atoms with van der Waals surface area (Å²) in [6.07, 6.45) is 3.58. The number of hydrogen-bond acceptors (Lipinski definition) is 6. The Morgan fingerprint density at radius 1 is 1.48 bits per heavy atom. The van der Waals surface area contributed by atoms with Gasteiger partial charge in [0.15, 0.2) is 5.82 Å². The molecule has 0 fully saturated rings. The zero-order valence-electron chi connectivity index (χ0n) is 11.6. The largest absolute Gasteiger partial charge is 0.352 e. The molecule has 0 aromatic carbocycles. The number of carbonyl (C=O) groups excluding carboxylic acids is 1. The lowest BCUT2D eigenvalue weighted by Gasteiger charge is -2.03. The Morgan fingerprint density at radius 2 is 2.33 bits per heavy atom. The second-order valence-corrected chi connectivity index (χ2v) is 4.20. The first-order valence-electron chi connectivity index (χ1n) is 6.40. The molecule has 1 amide bonds. The Bertz CT molecular complexity index is 684. The summed E-state index contributed by atoms with van der Waals surface area (Å²) in [7, 11) is 0. The molecular formula is C14H15N5O2. The zero-order chi connectivity index (χ0) is 15.1. The fourth-order valence-electron chi connectivity index (χ4n) is 1.62. The highest BCUT2D eigenvalue weighted by molar-refractivity contribution is 5.94. The summed E-state index contributed by atoms with van der Waals surface area (Å²) in [6, 6.07) is 1.67. The monoisotopic (exact) mass is 285 g/mol. The van der Waals surface area contributed by atoms with Crippen molar-refractivity contribution in [2.24, 2.45) is 5.73 Å². The Labute approximate surface area is 121 Å². The third kappa shape index (κ3) is 4.40. The smallest absolute Gasteiger partial charge is 0.252 e. The second-order valence-electron chi connectivity index (χ2n) is 4.20. The van der Waals surface area contributed by atoms with Crippen molar-refractivity contribution in [2.75, 3.05) is 13.1 Å². The molecule has 3 N–H and O–H groups in total. The Morgan fingerprint density at radius 3 is 3.05 bits per heavy atom. The first kappa shape index (κ1) is 14.7. The summed E-state index contributed by atoms with van der Waals surface area (Å²) in [4.78, 5) is 20.0. The minimum atomic E-state index is -0.223. The van der Waals surface area contributed by atoms with E-state index in [4.69, 9.17) is 10.3 Å². The number of nitrogens with zero attached hydrogens (tertiary/aromatic N) is 3. The van der Waals surface area contributed by atoms with Gasteiger partial charge in [0.2, 0.25) is 5.89 Å². The Balaban J connectivity index is 1.91. The number of nitrogens with one attached hydrogen (secondary N) is 1. The molecule has 0 saturated heterocycles. The number of hydrogen-bond donors (Lipinski definition) is 2. The lowest BCUT2D eigenvalue weighted by atomic mass is 10.2. The highest BCUT2D eigenvalue weighted by Crippen LogP contribution is 2.02. The SMILES string of the molecule is Cc1nc(CCNC(=O)c2cncc(C#CCN)c2)no1. The summed E-state index contributed by atoms with van der Waals surface area (Å²) in [5, 5.41) is 6.52. The average molecular weight is 285 g/mol. The van der Waals surface area contributed by atoms with Crippen molar-refractivity contribution in [3.05, 3.63) is 41.3 Å². The van der Waals surface area contributed by atoms with Gasteiger partial charge >= 0.3 is 0 Å². The van der Waals surface area contributed by atoms with E-state index in [0.717, 1.165) is 0 Å². The molecule has 2 aromatic rings. The second kappa shape index (κ2) is 7.17. The van der Waals surface area contributed by atoms with Crippen LogP contribution in [0.3, 0.4) is 0 Å². The van der Waals surface area contributed by atoms with Crippen molar-refractivity contribution >= 4 is 5.91 Å². The summed E-state index contributed by atoms with van der Waals surface area (Å²) >= 11 is 0. The minimum Gasteiger partial charge on any atom is -0.352 e. The van der Waals surface area contributed by atoms with Crippen LogP contribution in [0.4, 0.5) is 0 Å². The molecule has 2 heterocycles. The van der Waals surface area contributed by atoms with Gasteiger partial charge in [0.1, 0.15) is 0 Å². The van der Waals surface area contributed by atoms with Crippen molar-refractivity contribution in [1.29, 1.82) is 0 Å². The maximum absolute atomic E-state index is 12.0. The zero-order valence-corrected chi connectivity index (χ0v) is 11.6. The maximum Gasteiger partial charge on any atom is 0.252 e. The third-order valence-corrected chi connectivity index (χ3v) is 2.54. The molecule has 7 heteroatoms. The van der Waals surface area contributed by atoms with Gasteiger partial charge in [-0.1, -0.05) is 17.0 Å². The molecule has 0 atom stereocenters. The molecule has 0 unspecified atom stereocenters. The summed E-state index contributed by atoms with van der Waals surface area (Å²) < 4.78 is 4.85. The van der Waals surface area contributed by atoms with Gasteiger partial charge in [0.25, 0.3) is 5.91 Å². The van der Waals surface area contributed by atoms with E-state index < -0.39 is 0 Å². The van der Waals surface area contributed by atoms with Crippen LogP contribution in [-0.4, -0.2) is 34.1 Å². The third-order valence-electron chi connectivity index (χ3n) is 2.54. The van der Waals surface area contributed by atoms with Gasteiger partial charge in [-0.25, -0.2) is 0 Å². The number of pyridine rings is 1. The molecule has 108 valence electrons. The number of rotatable bonds is 4. The summed E-state index contributed by atoms with van der Waals surface area (Å²) in [6.45, 7) is 2.39. The van der Waals surface area contributed by atoms with E-state index >= 15 is 0 Å². The van der Waals surface area contributed by atoms with Crippen molar-refractivity contribution in [3.63, 3.8) is 0 Å². The maximum atomic E-state index is 12.0. The number of aromatic nitrogens is 3. The first-order valence-corrected chi connectivity index (χ1v) is 6.40. The van der Waals surface area contributed by atoms with E-state index in [9.17, 15) is 4.79 Å². The van der Waals surface area contributed by atoms with Crippen LogP contribution in [0.5, 0.6) is 0 Å². The van der Waals surface area contributed by atoms with Crippen LogP contribution in [0.15, 0.2) is 23.0 Å². The lowest BCUT2D eigenvalue weighted by molar-refractivity contribution is 0.0953. The van der Waals surface area contributed by atoms with Crippen molar-refractivity contribution < 1.29 is 9.32 Å². The minimum absolute atomic E-state index is 0.223. The molecule has 0 aliphatic heterocycles. The molecule has 0 saturated carbocycles. The van der Waals surface area contributed by atoms with E-state index in [0.29, 0.717) is 35.8 Å². The molecule has 0 spiro atoms. The highest BCUT2D eigenvalue weighted by atomic mass is 16.5. The van der Waals surface area contributed by atoms with Crippen LogP contribution < -0.4 is 11.1 Å².